The first-order chi connectivity index (χ1) is 6.58. The molecule has 2 N–H and O–H groups in total. The Morgan fingerprint density at radius 3 is 2.57 bits per heavy atom. The molecule has 0 radical (unpaired) electrons. The molecule has 4 heteroatoms. The van der Waals surface area contributed by atoms with E-state index in [1.54, 1.807) is 0 Å². The molecule has 1 unspecified atom stereocenters. The van der Waals surface area contributed by atoms with Crippen LogP contribution >= 0.6 is 11.3 Å². The molecule has 1 saturated heterocycles. The monoisotopic (exact) mass is 211 g/mol. The van der Waals surface area contributed by atoms with Gasteiger partial charge in [0.1, 0.15) is 0 Å². The summed E-state index contributed by atoms with van der Waals surface area (Å²) in [6.07, 6.45) is 0. The van der Waals surface area contributed by atoms with Crippen LogP contribution in [0.5, 0.6) is 0 Å². The van der Waals surface area contributed by atoms with Gasteiger partial charge in [-0.05, 0) is 20.8 Å². The number of hydrogen-bond acceptors (Lipinski definition) is 4. The zero-order chi connectivity index (χ0) is 10.3. The van der Waals surface area contributed by atoms with E-state index in [4.69, 9.17) is 5.73 Å². The first-order valence-electron chi connectivity index (χ1n) is 5.01. The fourth-order valence-electron chi connectivity index (χ4n) is 1.97. The summed E-state index contributed by atoms with van der Waals surface area (Å²) in [5, 5.41) is 1.16. The van der Waals surface area contributed by atoms with Gasteiger partial charge < -0.3 is 5.73 Å². The van der Waals surface area contributed by atoms with E-state index in [0.29, 0.717) is 12.1 Å². The smallest absolute Gasteiger partial charge is 0.0900 e. The lowest BCUT2D eigenvalue weighted by Crippen LogP contribution is -2.56. The molecule has 0 saturated carbocycles. The normalized spacial score (nSPS) is 20.9. The maximum Gasteiger partial charge on any atom is 0.0900 e. The summed E-state index contributed by atoms with van der Waals surface area (Å²) in [5.74, 6) is 0. The molecule has 0 bridgehead atoms. The van der Waals surface area contributed by atoms with Crippen LogP contribution in [0.25, 0.3) is 0 Å². The number of thiazole rings is 1. The summed E-state index contributed by atoms with van der Waals surface area (Å²) >= 11 is 1.81. The van der Waals surface area contributed by atoms with Crippen LogP contribution in [0.3, 0.4) is 0 Å². The van der Waals surface area contributed by atoms with E-state index < -0.39 is 0 Å². The molecule has 1 aromatic rings. The molecule has 1 aliphatic heterocycles. The lowest BCUT2D eigenvalue weighted by molar-refractivity contribution is 0.105. The van der Waals surface area contributed by atoms with Crippen molar-refractivity contribution in [3.63, 3.8) is 0 Å². The van der Waals surface area contributed by atoms with Gasteiger partial charge >= 0.3 is 0 Å². The van der Waals surface area contributed by atoms with Crippen molar-refractivity contribution in [3.05, 3.63) is 15.6 Å². The third-order valence-corrected chi connectivity index (χ3v) is 4.05. The minimum atomic E-state index is 0.381. The molecule has 0 aromatic carbocycles. The third-order valence-electron chi connectivity index (χ3n) is 2.80. The Bertz CT molecular complexity index is 328. The lowest BCUT2D eigenvalue weighted by Gasteiger charge is -2.41. The largest absolute Gasteiger partial charge is 0.325 e. The molecule has 1 atom stereocenters. The van der Waals surface area contributed by atoms with Gasteiger partial charge in [-0.25, -0.2) is 4.98 Å². The van der Waals surface area contributed by atoms with Crippen LogP contribution in [0.4, 0.5) is 0 Å². The number of nitrogens with two attached hydrogens (primary N) is 1. The van der Waals surface area contributed by atoms with Gasteiger partial charge in [0, 0.05) is 30.1 Å². The number of aromatic nitrogens is 1. The third kappa shape index (κ3) is 1.69. The second-order valence-electron chi connectivity index (χ2n) is 4.07. The average molecular weight is 211 g/mol. The standard InChI is InChI=1S/C10H17N3S/c1-6-10(14-8(3)12-6)7(2)13-4-9(11)5-13/h7,9H,4-5,11H2,1-3H3. The van der Waals surface area contributed by atoms with Crippen LogP contribution in [-0.4, -0.2) is 29.0 Å². The van der Waals surface area contributed by atoms with E-state index in [1.807, 2.05) is 11.3 Å². The number of hydrogen-bond donors (Lipinski definition) is 1. The summed E-state index contributed by atoms with van der Waals surface area (Å²) in [7, 11) is 0. The highest BCUT2D eigenvalue weighted by molar-refractivity contribution is 7.11. The van der Waals surface area contributed by atoms with E-state index in [0.717, 1.165) is 18.1 Å². The van der Waals surface area contributed by atoms with Crippen LogP contribution in [0, 0.1) is 13.8 Å². The number of nitrogens with zero attached hydrogens (tertiary/aromatic N) is 2. The second-order valence-corrected chi connectivity index (χ2v) is 5.31. The molecule has 14 heavy (non-hydrogen) atoms. The summed E-state index contributed by atoms with van der Waals surface area (Å²) in [6, 6.07) is 0.868. The summed E-state index contributed by atoms with van der Waals surface area (Å²) < 4.78 is 0. The predicted molar refractivity (Wildman–Crippen MR) is 59.6 cm³/mol. The Morgan fingerprint density at radius 1 is 1.50 bits per heavy atom. The fourth-order valence-corrected chi connectivity index (χ4v) is 2.98. The second kappa shape index (κ2) is 3.61. The Balaban J connectivity index is 2.11. The van der Waals surface area contributed by atoms with Crippen molar-refractivity contribution in [1.29, 1.82) is 0 Å². The van der Waals surface area contributed by atoms with E-state index in [2.05, 4.69) is 30.7 Å². The van der Waals surface area contributed by atoms with Gasteiger partial charge in [0.05, 0.1) is 10.7 Å². The van der Waals surface area contributed by atoms with Crippen LogP contribution in [-0.2, 0) is 0 Å². The predicted octanol–water partition coefficient (Wildman–Crippen LogP) is 1.46. The summed E-state index contributed by atoms with van der Waals surface area (Å²) in [6.45, 7) is 8.45. The maximum atomic E-state index is 5.77. The number of aryl methyl sites for hydroxylation is 2. The maximum absolute atomic E-state index is 5.77. The Hall–Kier alpha value is -0.450. The van der Waals surface area contributed by atoms with Gasteiger partial charge in [-0.1, -0.05) is 0 Å². The van der Waals surface area contributed by atoms with Crippen LogP contribution < -0.4 is 5.73 Å². The van der Waals surface area contributed by atoms with E-state index in [-0.39, 0.29) is 0 Å². The highest BCUT2D eigenvalue weighted by Gasteiger charge is 2.29. The van der Waals surface area contributed by atoms with Crippen molar-refractivity contribution in [2.75, 3.05) is 13.1 Å². The van der Waals surface area contributed by atoms with Gasteiger partial charge in [-0.15, -0.1) is 11.3 Å². The molecule has 0 aliphatic carbocycles. The van der Waals surface area contributed by atoms with E-state index >= 15 is 0 Å². The highest BCUT2D eigenvalue weighted by atomic mass is 32.1. The zero-order valence-corrected chi connectivity index (χ0v) is 9.77. The van der Waals surface area contributed by atoms with E-state index in [1.165, 1.54) is 10.6 Å². The van der Waals surface area contributed by atoms with Gasteiger partial charge in [0.15, 0.2) is 0 Å². The number of likely N-dealkylation sites (tertiary alicyclic amines) is 1. The molecule has 1 aromatic heterocycles. The van der Waals surface area contributed by atoms with E-state index in [9.17, 15) is 0 Å². The fraction of sp³-hybridized carbons (Fsp3) is 0.700. The quantitative estimate of drug-likeness (QED) is 0.805. The number of rotatable bonds is 2. The lowest BCUT2D eigenvalue weighted by atomic mass is 10.1. The van der Waals surface area contributed by atoms with Gasteiger partial charge in [0.2, 0.25) is 0 Å². The topological polar surface area (TPSA) is 42.2 Å². The Kier molecular flexibility index (Phi) is 2.60. The van der Waals surface area contributed by atoms with Crippen molar-refractivity contribution in [2.24, 2.45) is 5.73 Å². The highest BCUT2D eigenvalue weighted by Crippen LogP contribution is 2.31. The van der Waals surface area contributed by atoms with Crippen molar-refractivity contribution < 1.29 is 0 Å². The SMILES string of the molecule is Cc1nc(C)c(C(C)N2CC(N)C2)s1. The first kappa shape index (κ1) is 10.1. The molecule has 0 amide bonds. The van der Waals surface area contributed by atoms with Crippen molar-refractivity contribution in [2.45, 2.75) is 32.9 Å². The van der Waals surface area contributed by atoms with Gasteiger partial charge in [-0.2, -0.15) is 0 Å². The van der Waals surface area contributed by atoms with Crippen molar-refractivity contribution in [3.8, 4) is 0 Å². The minimum absolute atomic E-state index is 0.381. The minimum Gasteiger partial charge on any atom is -0.325 e. The van der Waals surface area contributed by atoms with Crippen LogP contribution in [0.15, 0.2) is 0 Å². The van der Waals surface area contributed by atoms with Gasteiger partial charge in [-0.3, -0.25) is 4.90 Å². The summed E-state index contributed by atoms with van der Waals surface area (Å²) in [4.78, 5) is 8.26. The Morgan fingerprint density at radius 2 is 2.14 bits per heavy atom. The van der Waals surface area contributed by atoms with Crippen molar-refractivity contribution in [1.82, 2.24) is 9.88 Å². The molecular weight excluding hydrogens is 194 g/mol. The van der Waals surface area contributed by atoms with Gasteiger partial charge in [0.25, 0.3) is 0 Å². The first-order valence-corrected chi connectivity index (χ1v) is 5.83. The van der Waals surface area contributed by atoms with Crippen LogP contribution in [0.1, 0.15) is 28.5 Å². The molecule has 0 spiro atoms. The molecule has 3 nitrogen and oxygen atoms in total. The zero-order valence-electron chi connectivity index (χ0n) is 8.95. The summed E-state index contributed by atoms with van der Waals surface area (Å²) in [5.41, 5.74) is 6.96. The van der Waals surface area contributed by atoms with Crippen LogP contribution in [0.2, 0.25) is 0 Å². The average Bonchev–Trinajstić information content (AvgIpc) is 2.39. The molecule has 2 rings (SSSR count). The molecule has 2 heterocycles. The Labute approximate surface area is 88.9 Å². The molecule has 78 valence electrons. The molecule has 1 fully saturated rings. The molecule has 1 aliphatic rings. The molecular formula is C10H17N3S. The van der Waals surface area contributed by atoms with Crippen molar-refractivity contribution >= 4 is 11.3 Å².